The Morgan fingerprint density at radius 2 is 1.47 bits per heavy atom. The van der Waals surface area contributed by atoms with Crippen molar-refractivity contribution in [2.75, 3.05) is 0 Å². The summed E-state index contributed by atoms with van der Waals surface area (Å²) in [5.41, 5.74) is 2.46. The van der Waals surface area contributed by atoms with E-state index in [2.05, 4.69) is 30.9 Å². The topological polar surface area (TPSA) is 207 Å². The fourth-order valence-corrected chi connectivity index (χ4v) is 4.67. The number of aromatic amines is 1. The summed E-state index contributed by atoms with van der Waals surface area (Å²) in [7, 11) is -0.750. The molecule has 0 spiro atoms. The van der Waals surface area contributed by atoms with Gasteiger partial charge in [-0.15, -0.1) is 0 Å². The Balaban J connectivity index is 0.00000177. The summed E-state index contributed by atoms with van der Waals surface area (Å²) >= 11 is 0. The van der Waals surface area contributed by atoms with Crippen LogP contribution >= 0.6 is 0 Å². The highest BCUT2D eigenvalue weighted by molar-refractivity contribution is 6.13. The number of hydrogen-bond acceptors (Lipinski definition) is 8. The molecule has 0 unspecified atom stereocenters. The minimum absolute atomic E-state index is 0.0135. The van der Waals surface area contributed by atoms with Crippen molar-refractivity contribution in [2.45, 2.75) is 51.2 Å². The van der Waals surface area contributed by atoms with Crippen molar-refractivity contribution < 1.29 is 34.3 Å². The first kappa shape index (κ1) is 34.4. The number of carboxylic acids is 1. The molecule has 2 aromatic heterocycles. The average Bonchev–Trinajstić information content (AvgIpc) is 3.43. The largest absolute Gasteiger partial charge is 0.480 e. The molecule has 236 valence electrons. The summed E-state index contributed by atoms with van der Waals surface area (Å²) in [6.07, 6.45) is 6.32. The number of aliphatic carboxylic acids is 1. The van der Waals surface area contributed by atoms with Crippen molar-refractivity contribution >= 4 is 42.3 Å². The molecule has 0 saturated heterocycles. The van der Waals surface area contributed by atoms with E-state index in [0.29, 0.717) is 0 Å². The molecule has 13 nitrogen and oxygen atoms in total. The maximum absolute atomic E-state index is 13.8. The zero-order chi connectivity index (χ0) is 32.8. The minimum atomic E-state index is -1.16. The smallest absolute Gasteiger partial charge is 0.432 e. The van der Waals surface area contributed by atoms with Gasteiger partial charge in [-0.05, 0) is 29.5 Å². The third kappa shape index (κ3) is 10.6. The van der Waals surface area contributed by atoms with Crippen molar-refractivity contribution in [3.63, 3.8) is 0 Å². The number of para-hydroxylation sites is 1. The molecule has 14 heteroatoms. The van der Waals surface area contributed by atoms with Crippen molar-refractivity contribution in [3.8, 4) is 0 Å². The number of carbonyl (C=O) groups excluding carboxylic acids is 3. The summed E-state index contributed by atoms with van der Waals surface area (Å²) in [4.78, 5) is 63.3. The molecule has 0 aliphatic heterocycles. The van der Waals surface area contributed by atoms with Gasteiger partial charge in [0.2, 0.25) is 11.8 Å². The number of amides is 3. The highest BCUT2D eigenvalue weighted by Gasteiger charge is 2.31. The maximum atomic E-state index is 13.8. The van der Waals surface area contributed by atoms with Gasteiger partial charge in [-0.2, -0.15) is 0 Å². The van der Waals surface area contributed by atoms with E-state index in [1.807, 2.05) is 68.4 Å². The van der Waals surface area contributed by atoms with E-state index in [0.717, 1.165) is 22.0 Å². The van der Waals surface area contributed by atoms with E-state index < -0.39 is 49.5 Å². The van der Waals surface area contributed by atoms with Gasteiger partial charge in [0.15, 0.2) is 0 Å². The molecule has 4 rings (SSSR count). The predicted octanol–water partition coefficient (Wildman–Crippen LogP) is 0.880. The van der Waals surface area contributed by atoms with Gasteiger partial charge >= 0.3 is 13.7 Å². The number of carboxylic acid groups (broad SMARTS) is 1. The van der Waals surface area contributed by atoms with Crippen molar-refractivity contribution in [1.82, 2.24) is 30.9 Å². The van der Waals surface area contributed by atoms with E-state index in [-0.39, 0.29) is 30.9 Å². The van der Waals surface area contributed by atoms with Gasteiger partial charge < -0.3 is 36.1 Å². The molecule has 7 N–H and O–H groups in total. The number of fused-ring (bicyclic) bond motifs is 1. The van der Waals surface area contributed by atoms with E-state index in [9.17, 15) is 24.3 Å². The molecule has 3 atom stereocenters. The van der Waals surface area contributed by atoms with Crippen LogP contribution in [0.4, 0.5) is 0 Å². The van der Waals surface area contributed by atoms with Gasteiger partial charge in [-0.1, -0.05) is 62.4 Å². The number of H-pyrrole nitrogens is 1. The highest BCUT2D eigenvalue weighted by Crippen LogP contribution is 2.20. The molecular formula is C31H37BN6O7. The number of hydrogen-bond donors (Lipinski definition) is 7. The molecule has 3 amide bonds. The second-order valence-electron chi connectivity index (χ2n) is 10.6. The van der Waals surface area contributed by atoms with Crippen LogP contribution in [-0.2, 0) is 27.2 Å². The van der Waals surface area contributed by atoms with E-state index >= 15 is 0 Å². The third-order valence-corrected chi connectivity index (χ3v) is 6.75. The Bertz CT molecular complexity index is 1550. The molecule has 4 aromatic rings. The quantitative estimate of drug-likeness (QED) is 0.106. The predicted molar refractivity (Wildman–Crippen MR) is 168 cm³/mol. The second-order valence-corrected chi connectivity index (χ2v) is 10.6. The van der Waals surface area contributed by atoms with Crippen LogP contribution in [0.1, 0.15) is 41.9 Å². The van der Waals surface area contributed by atoms with Gasteiger partial charge in [0.1, 0.15) is 23.8 Å². The molecule has 2 aromatic carbocycles. The molecule has 2 heterocycles. The lowest BCUT2D eigenvalue weighted by molar-refractivity contribution is -0.142. The Kier molecular flexibility index (Phi) is 13.2. The van der Waals surface area contributed by atoms with Gasteiger partial charge in [0.05, 0.1) is 6.20 Å². The molecule has 45 heavy (non-hydrogen) atoms. The van der Waals surface area contributed by atoms with Crippen LogP contribution in [0, 0.1) is 5.92 Å². The van der Waals surface area contributed by atoms with Crippen LogP contribution in [-0.4, -0.2) is 79.6 Å². The van der Waals surface area contributed by atoms with Crippen LogP contribution < -0.4 is 16.0 Å². The van der Waals surface area contributed by atoms with Crippen LogP contribution in [0.25, 0.3) is 10.9 Å². The van der Waals surface area contributed by atoms with Gasteiger partial charge in [0.25, 0.3) is 5.91 Å². The highest BCUT2D eigenvalue weighted by atomic mass is 16.4. The normalized spacial score (nSPS) is 12.6. The summed E-state index contributed by atoms with van der Waals surface area (Å²) in [5.74, 6) is -2.99. The van der Waals surface area contributed by atoms with Gasteiger partial charge in [0, 0.05) is 42.3 Å². The third-order valence-electron chi connectivity index (χ3n) is 6.75. The van der Waals surface area contributed by atoms with Crippen molar-refractivity contribution in [1.29, 1.82) is 0 Å². The maximum Gasteiger partial charge on any atom is 0.432 e. The molecule has 0 saturated carbocycles. The zero-order valence-corrected chi connectivity index (χ0v) is 25.0. The fraction of sp³-hybridized carbons (Fsp3) is 0.290. The van der Waals surface area contributed by atoms with Crippen LogP contribution in [0.15, 0.2) is 79.4 Å². The Hall–Kier alpha value is -5.08. The first-order valence-corrected chi connectivity index (χ1v) is 14.3. The zero-order valence-electron chi connectivity index (χ0n) is 25.0. The van der Waals surface area contributed by atoms with Gasteiger partial charge in [-0.3, -0.25) is 19.4 Å². The minimum Gasteiger partial charge on any atom is -0.480 e. The average molecular weight is 616 g/mol. The monoisotopic (exact) mass is 616 g/mol. The van der Waals surface area contributed by atoms with Crippen molar-refractivity contribution in [2.24, 2.45) is 5.92 Å². The van der Waals surface area contributed by atoms with Crippen molar-refractivity contribution in [3.05, 3.63) is 96.2 Å². The summed E-state index contributed by atoms with van der Waals surface area (Å²) < 4.78 is 0. The molecule has 0 aliphatic rings. The number of carbonyl (C=O) groups is 4. The standard InChI is InChI=1S/C31H34N6O5.BH3O2/c1-19(2)14-26(31(41)42)37-29(39)25(16-21-17-34-23-11-7-6-10-22(21)23)36-28(38)24(15-20-8-4-3-5-9-20)35-30(40)27-18-32-12-13-33-27;2-1-3/h3-13,17-19,24-26,34H,14-16H2,1-2H3,(H,35,40)(H,36,38)(H,37,39)(H,41,42);1-3H/t24-,25-,26-;/m0./s1. The van der Waals surface area contributed by atoms with Crippen LogP contribution in [0.3, 0.4) is 0 Å². The second kappa shape index (κ2) is 17.3. The number of aromatic nitrogens is 3. The SMILES string of the molecule is CC(C)C[C@H](NC(=O)[C@H](Cc1c[nH]c2ccccc12)NC(=O)[C@H](Cc1ccccc1)NC(=O)c1cnccn1)C(=O)O.OBO. The van der Waals surface area contributed by atoms with E-state index in [4.69, 9.17) is 10.0 Å². The molecule has 0 fully saturated rings. The first-order valence-electron chi connectivity index (χ1n) is 14.3. The lowest BCUT2D eigenvalue weighted by Gasteiger charge is -2.25. The first-order chi connectivity index (χ1) is 21.6. The molecular weight excluding hydrogens is 579 g/mol. The molecule has 0 radical (unpaired) electrons. The molecule has 0 aliphatic carbocycles. The fourth-order valence-electron chi connectivity index (χ4n) is 4.67. The lowest BCUT2D eigenvalue weighted by atomic mass is 10.0. The van der Waals surface area contributed by atoms with Crippen LogP contribution in [0.5, 0.6) is 0 Å². The number of nitrogens with zero attached hydrogens (tertiary/aromatic N) is 2. The summed E-state index contributed by atoms with van der Waals surface area (Å²) in [5, 5.41) is 33.0. The Morgan fingerprint density at radius 3 is 2.09 bits per heavy atom. The Labute approximate surface area is 260 Å². The number of rotatable bonds is 13. The van der Waals surface area contributed by atoms with Gasteiger partial charge in [-0.25, -0.2) is 9.78 Å². The van der Waals surface area contributed by atoms with E-state index in [1.165, 1.54) is 18.6 Å². The Morgan fingerprint density at radius 1 is 0.844 bits per heavy atom. The molecule has 0 bridgehead atoms. The van der Waals surface area contributed by atoms with E-state index in [1.54, 1.807) is 6.20 Å². The number of benzene rings is 2. The lowest BCUT2D eigenvalue weighted by Crippen LogP contribution is -2.57. The summed E-state index contributed by atoms with van der Waals surface area (Å²) in [6, 6.07) is 13.4. The van der Waals surface area contributed by atoms with Crippen LogP contribution in [0.2, 0.25) is 0 Å². The summed E-state index contributed by atoms with van der Waals surface area (Å²) in [6.45, 7) is 3.72. The number of nitrogens with one attached hydrogen (secondary N) is 4.